The molecule has 2 aromatic heterocycles. The van der Waals surface area contributed by atoms with Gasteiger partial charge in [0.2, 0.25) is 5.88 Å². The molecule has 2 rings (SSSR count). The Morgan fingerprint density at radius 3 is 2.39 bits per heavy atom. The number of hydrogen-bond acceptors (Lipinski definition) is 5. The normalized spacial score (nSPS) is 10.2. The van der Waals surface area contributed by atoms with E-state index < -0.39 is 0 Å². The fourth-order valence-corrected chi connectivity index (χ4v) is 2.54. The number of ether oxygens (including phenoxy) is 1. The first-order valence-electron chi connectivity index (χ1n) is 10.2. The third kappa shape index (κ3) is 7.22. The molecule has 0 saturated heterocycles. The monoisotopic (exact) mass is 387 g/mol. The molecule has 1 N–H and O–H groups in total. The lowest BCUT2D eigenvalue weighted by atomic mass is 10.1. The molecule has 0 aliphatic heterocycles. The Labute approximate surface area is 170 Å². The molecule has 0 unspecified atom stereocenters. The number of allylic oxidation sites excluding steroid dienone is 2. The second kappa shape index (κ2) is 14.5. The zero-order chi connectivity index (χ0) is 21.5. The van der Waals surface area contributed by atoms with Crippen molar-refractivity contribution in [3.05, 3.63) is 48.0 Å². The van der Waals surface area contributed by atoms with Gasteiger partial charge in [-0.3, -0.25) is 0 Å². The summed E-state index contributed by atoms with van der Waals surface area (Å²) >= 11 is 0. The van der Waals surface area contributed by atoms with Crippen molar-refractivity contribution in [2.24, 2.45) is 0 Å². The van der Waals surface area contributed by atoms with Crippen molar-refractivity contribution in [2.75, 3.05) is 18.5 Å². The molecule has 0 spiro atoms. The van der Waals surface area contributed by atoms with E-state index in [-0.39, 0.29) is 0 Å². The second-order valence-corrected chi connectivity index (χ2v) is 5.48. The molecular formula is C23H37N3O2. The Morgan fingerprint density at radius 1 is 1.21 bits per heavy atom. The van der Waals surface area contributed by atoms with Crippen molar-refractivity contribution in [1.29, 1.82) is 0 Å². The van der Waals surface area contributed by atoms with Crippen molar-refractivity contribution in [2.45, 2.75) is 61.8 Å². The summed E-state index contributed by atoms with van der Waals surface area (Å²) in [6.07, 6.45) is 6.59. The van der Waals surface area contributed by atoms with Crippen molar-refractivity contribution in [3.63, 3.8) is 0 Å². The minimum atomic E-state index is 0.565. The van der Waals surface area contributed by atoms with Crippen LogP contribution in [-0.2, 0) is 0 Å². The van der Waals surface area contributed by atoms with Crippen molar-refractivity contribution in [1.82, 2.24) is 10.1 Å². The second-order valence-electron chi connectivity index (χ2n) is 5.48. The zero-order valence-electron chi connectivity index (χ0n) is 18.8. The average molecular weight is 388 g/mol. The number of nitrogens with zero attached hydrogens (tertiary/aromatic N) is 2. The van der Waals surface area contributed by atoms with E-state index in [0.29, 0.717) is 12.5 Å². The fourth-order valence-electron chi connectivity index (χ4n) is 2.54. The van der Waals surface area contributed by atoms with Crippen LogP contribution >= 0.6 is 0 Å². The molecule has 0 amide bonds. The van der Waals surface area contributed by atoms with Crippen LogP contribution in [0.1, 0.15) is 59.4 Å². The number of pyridine rings is 1. The molecule has 156 valence electrons. The summed E-state index contributed by atoms with van der Waals surface area (Å²) in [7, 11) is 0. The van der Waals surface area contributed by atoms with E-state index in [1.54, 1.807) is 6.20 Å². The Kier molecular flexibility index (Phi) is 13.2. The molecule has 28 heavy (non-hydrogen) atoms. The van der Waals surface area contributed by atoms with Crippen LogP contribution in [0.25, 0.3) is 11.1 Å². The molecule has 0 saturated carbocycles. The number of anilines is 1. The highest BCUT2D eigenvalue weighted by Gasteiger charge is 2.15. The molecule has 0 aliphatic carbocycles. The molecule has 0 aliphatic rings. The molecule has 2 aromatic rings. The molecule has 5 nitrogen and oxygen atoms in total. The van der Waals surface area contributed by atoms with Gasteiger partial charge in [0.05, 0.1) is 18.0 Å². The van der Waals surface area contributed by atoms with Crippen molar-refractivity contribution < 1.29 is 9.26 Å². The molecule has 5 heteroatoms. The van der Waals surface area contributed by atoms with Gasteiger partial charge in [0.1, 0.15) is 5.76 Å². The van der Waals surface area contributed by atoms with Gasteiger partial charge in [0, 0.05) is 23.9 Å². The summed E-state index contributed by atoms with van der Waals surface area (Å²) in [5.41, 5.74) is 4.91. The van der Waals surface area contributed by atoms with Gasteiger partial charge in [0.25, 0.3) is 0 Å². The topological polar surface area (TPSA) is 60.2 Å². The van der Waals surface area contributed by atoms with Crippen LogP contribution in [0.2, 0.25) is 0 Å². The van der Waals surface area contributed by atoms with Crippen LogP contribution in [-0.4, -0.2) is 23.3 Å². The van der Waals surface area contributed by atoms with Crippen LogP contribution in [0.3, 0.4) is 0 Å². The molecule has 0 fully saturated rings. The van der Waals surface area contributed by atoms with Crippen LogP contribution in [0.5, 0.6) is 5.88 Å². The standard InChI is InChI=1S/C19H25N3O2.2C2H6/c1-6-9-15(7-2)11-20-17-10-16(12-21-19(17)23-8-3)18-13(4)22-24-14(18)5;2*1-2/h6,9-10,12,20H,1,7-8,11H2,2-5H3;2*1-2H3/b15-9+;;. The maximum absolute atomic E-state index is 5.64. The SMILES string of the molecule is C=C/C=C(\CC)CNc1cc(-c2c(C)noc2C)cnc1OCC.CC.CC. The number of nitrogens with one attached hydrogen (secondary N) is 1. The molecule has 0 aromatic carbocycles. The van der Waals surface area contributed by atoms with Crippen molar-refractivity contribution in [3.8, 4) is 17.0 Å². The molecule has 0 bridgehead atoms. The van der Waals surface area contributed by atoms with E-state index >= 15 is 0 Å². The van der Waals surface area contributed by atoms with Crippen LogP contribution < -0.4 is 10.1 Å². The molecular weight excluding hydrogens is 350 g/mol. The average Bonchev–Trinajstić information content (AvgIpc) is 3.07. The molecule has 0 atom stereocenters. The van der Waals surface area contributed by atoms with Gasteiger partial charge < -0.3 is 14.6 Å². The smallest absolute Gasteiger partial charge is 0.237 e. The number of aryl methyl sites for hydroxylation is 2. The first kappa shape index (κ1) is 25.4. The Balaban J connectivity index is 0.00000171. The minimum absolute atomic E-state index is 0.565. The van der Waals surface area contributed by atoms with Gasteiger partial charge in [0.15, 0.2) is 0 Å². The zero-order valence-corrected chi connectivity index (χ0v) is 18.8. The number of rotatable bonds is 8. The highest BCUT2D eigenvalue weighted by molar-refractivity contribution is 5.72. The maximum Gasteiger partial charge on any atom is 0.237 e. The van der Waals surface area contributed by atoms with Crippen molar-refractivity contribution >= 4 is 5.69 Å². The van der Waals surface area contributed by atoms with E-state index in [0.717, 1.165) is 41.2 Å². The third-order valence-corrected chi connectivity index (χ3v) is 3.77. The highest BCUT2D eigenvalue weighted by atomic mass is 16.5. The van der Waals surface area contributed by atoms with E-state index in [1.807, 2.05) is 66.7 Å². The maximum atomic E-state index is 5.64. The summed E-state index contributed by atoms with van der Waals surface area (Å²) in [6, 6.07) is 2.03. The van der Waals surface area contributed by atoms with Gasteiger partial charge in [-0.15, -0.1) is 0 Å². The van der Waals surface area contributed by atoms with Gasteiger partial charge in [-0.2, -0.15) is 0 Å². The van der Waals surface area contributed by atoms with E-state index in [1.165, 1.54) is 5.57 Å². The van der Waals surface area contributed by atoms with E-state index in [9.17, 15) is 0 Å². The summed E-state index contributed by atoms with van der Waals surface area (Å²) in [5, 5.41) is 7.44. The van der Waals surface area contributed by atoms with Gasteiger partial charge in [-0.25, -0.2) is 4.98 Å². The number of aromatic nitrogens is 2. The lowest BCUT2D eigenvalue weighted by Crippen LogP contribution is -2.08. The van der Waals surface area contributed by atoms with Gasteiger partial charge in [-0.1, -0.05) is 64.1 Å². The first-order chi connectivity index (χ1) is 13.6. The predicted octanol–water partition coefficient (Wildman–Crippen LogP) is 6.74. The van der Waals surface area contributed by atoms with E-state index in [2.05, 4.69) is 29.0 Å². The Bertz CT molecular complexity index is 714. The molecule has 0 radical (unpaired) electrons. The summed E-state index contributed by atoms with van der Waals surface area (Å²) < 4.78 is 10.9. The Morgan fingerprint density at radius 2 is 1.89 bits per heavy atom. The lowest BCUT2D eigenvalue weighted by Gasteiger charge is -2.14. The Hall–Kier alpha value is -2.56. The minimum Gasteiger partial charge on any atom is -0.476 e. The van der Waals surface area contributed by atoms with Crippen LogP contribution in [0, 0.1) is 13.8 Å². The lowest BCUT2D eigenvalue weighted by molar-refractivity contribution is 0.328. The fraction of sp³-hybridized carbons (Fsp3) is 0.478. The summed E-state index contributed by atoms with van der Waals surface area (Å²) in [6.45, 7) is 20.9. The van der Waals surface area contributed by atoms with Crippen LogP contribution in [0.4, 0.5) is 5.69 Å². The van der Waals surface area contributed by atoms with E-state index in [4.69, 9.17) is 9.26 Å². The summed E-state index contributed by atoms with van der Waals surface area (Å²) in [5.74, 6) is 1.38. The van der Waals surface area contributed by atoms with Gasteiger partial charge in [-0.05, 0) is 33.3 Å². The first-order valence-corrected chi connectivity index (χ1v) is 10.2. The molecule has 2 heterocycles. The quantitative estimate of drug-likeness (QED) is 0.508. The predicted molar refractivity (Wildman–Crippen MR) is 120 cm³/mol. The largest absolute Gasteiger partial charge is 0.476 e. The number of hydrogen-bond donors (Lipinski definition) is 1. The third-order valence-electron chi connectivity index (χ3n) is 3.77. The summed E-state index contributed by atoms with van der Waals surface area (Å²) in [4.78, 5) is 4.46. The van der Waals surface area contributed by atoms with Crippen LogP contribution in [0.15, 0.2) is 41.1 Å². The van der Waals surface area contributed by atoms with Gasteiger partial charge >= 0.3 is 0 Å². The highest BCUT2D eigenvalue weighted by Crippen LogP contribution is 2.32.